The molecule has 1 amide bonds. The van der Waals surface area contributed by atoms with Gasteiger partial charge < -0.3 is 4.90 Å². The van der Waals surface area contributed by atoms with Crippen molar-refractivity contribution >= 4 is 5.91 Å². The number of rotatable bonds is 2. The van der Waals surface area contributed by atoms with Gasteiger partial charge in [-0.05, 0) is 30.2 Å². The first-order valence-corrected chi connectivity index (χ1v) is 7.42. The largest absolute Gasteiger partial charge is 0.418 e. The van der Waals surface area contributed by atoms with E-state index in [2.05, 4.69) is 4.98 Å². The maximum atomic E-state index is 13.0. The molecule has 1 aliphatic rings. The summed E-state index contributed by atoms with van der Waals surface area (Å²) in [5, 5.41) is 0. The van der Waals surface area contributed by atoms with Crippen molar-refractivity contribution in [3.63, 3.8) is 0 Å². The van der Waals surface area contributed by atoms with Crippen LogP contribution in [0.4, 0.5) is 17.6 Å². The zero-order valence-electron chi connectivity index (χ0n) is 12.6. The molecule has 1 saturated heterocycles. The van der Waals surface area contributed by atoms with Crippen LogP contribution in [-0.2, 0) is 6.18 Å². The molecular formula is C17H14F4N2O. The van der Waals surface area contributed by atoms with Crippen molar-refractivity contribution in [2.75, 3.05) is 13.1 Å². The summed E-state index contributed by atoms with van der Waals surface area (Å²) in [4.78, 5) is 17.4. The molecule has 1 aliphatic heterocycles. The maximum Gasteiger partial charge on any atom is 0.418 e. The van der Waals surface area contributed by atoms with Crippen LogP contribution < -0.4 is 0 Å². The molecule has 0 bridgehead atoms. The molecule has 3 rings (SSSR count). The lowest BCUT2D eigenvalue weighted by Gasteiger charge is -2.19. The van der Waals surface area contributed by atoms with Crippen LogP contribution in [0.3, 0.4) is 0 Å². The number of likely N-dealkylation sites (tertiary alicyclic amines) is 1. The Morgan fingerprint density at radius 2 is 1.88 bits per heavy atom. The van der Waals surface area contributed by atoms with Gasteiger partial charge in [0.15, 0.2) is 0 Å². The van der Waals surface area contributed by atoms with E-state index in [1.165, 1.54) is 23.2 Å². The van der Waals surface area contributed by atoms with Gasteiger partial charge in [0.2, 0.25) is 0 Å². The average Bonchev–Trinajstić information content (AvgIpc) is 3.04. The molecular weight excluding hydrogens is 324 g/mol. The van der Waals surface area contributed by atoms with Crippen LogP contribution in [0.25, 0.3) is 0 Å². The molecule has 0 saturated carbocycles. The van der Waals surface area contributed by atoms with Gasteiger partial charge in [-0.25, -0.2) is 4.39 Å². The van der Waals surface area contributed by atoms with E-state index in [1.807, 2.05) is 0 Å². The molecule has 1 fully saturated rings. The molecule has 1 aromatic carbocycles. The summed E-state index contributed by atoms with van der Waals surface area (Å²) in [6.45, 7) is 0.671. The predicted molar refractivity (Wildman–Crippen MR) is 78.9 cm³/mol. The van der Waals surface area contributed by atoms with Crippen molar-refractivity contribution in [1.82, 2.24) is 9.88 Å². The van der Waals surface area contributed by atoms with E-state index >= 15 is 0 Å². The molecule has 7 heteroatoms. The minimum Gasteiger partial charge on any atom is -0.338 e. The molecule has 0 N–H and O–H groups in total. The first kappa shape index (κ1) is 16.4. The second kappa shape index (κ2) is 6.22. The number of hydrogen-bond acceptors (Lipinski definition) is 2. The standard InChI is InChI=1S/C17H14F4N2O/c18-13-3-1-11(2-4-13)12-6-8-23(10-12)16(24)14-5-7-22-9-15(14)17(19,20)21/h1-5,7,9,12H,6,8,10H2. The summed E-state index contributed by atoms with van der Waals surface area (Å²) in [5.74, 6) is -1.02. The van der Waals surface area contributed by atoms with Gasteiger partial charge in [-0.3, -0.25) is 9.78 Å². The maximum absolute atomic E-state index is 13.0. The first-order valence-electron chi connectivity index (χ1n) is 7.42. The lowest BCUT2D eigenvalue weighted by molar-refractivity contribution is -0.138. The van der Waals surface area contributed by atoms with Crippen molar-refractivity contribution in [2.45, 2.75) is 18.5 Å². The number of nitrogens with zero attached hydrogens (tertiary/aromatic N) is 2. The van der Waals surface area contributed by atoms with Crippen LogP contribution in [0.2, 0.25) is 0 Å². The molecule has 0 spiro atoms. The third-order valence-electron chi connectivity index (χ3n) is 4.17. The van der Waals surface area contributed by atoms with Gasteiger partial charge in [0.1, 0.15) is 5.82 Å². The normalized spacial score (nSPS) is 18.0. The SMILES string of the molecule is O=C(c1ccncc1C(F)(F)F)N1CCC(c2ccc(F)cc2)C1. The van der Waals surface area contributed by atoms with Crippen LogP contribution in [0.15, 0.2) is 42.7 Å². The van der Waals surface area contributed by atoms with Gasteiger partial charge in [0.05, 0.1) is 11.1 Å². The molecule has 1 atom stereocenters. The van der Waals surface area contributed by atoms with Crippen LogP contribution in [-0.4, -0.2) is 28.9 Å². The van der Waals surface area contributed by atoms with E-state index in [-0.39, 0.29) is 11.7 Å². The Labute approximate surface area is 135 Å². The molecule has 126 valence electrons. The topological polar surface area (TPSA) is 33.2 Å². The number of amides is 1. The smallest absolute Gasteiger partial charge is 0.338 e. The summed E-state index contributed by atoms with van der Waals surface area (Å²) in [5.41, 5.74) is -0.546. The number of pyridine rings is 1. The zero-order chi connectivity index (χ0) is 17.3. The van der Waals surface area contributed by atoms with E-state index in [4.69, 9.17) is 0 Å². The van der Waals surface area contributed by atoms with Crippen LogP contribution in [0, 0.1) is 5.82 Å². The van der Waals surface area contributed by atoms with Gasteiger partial charge in [-0.2, -0.15) is 13.2 Å². The number of carbonyl (C=O) groups is 1. The van der Waals surface area contributed by atoms with Crippen LogP contribution in [0.1, 0.15) is 33.8 Å². The number of alkyl halides is 3. The highest BCUT2D eigenvalue weighted by molar-refractivity contribution is 5.96. The number of hydrogen-bond donors (Lipinski definition) is 0. The van der Waals surface area contributed by atoms with Gasteiger partial charge in [-0.15, -0.1) is 0 Å². The van der Waals surface area contributed by atoms with Gasteiger partial charge in [0.25, 0.3) is 5.91 Å². The Balaban J connectivity index is 1.79. The lowest BCUT2D eigenvalue weighted by atomic mass is 9.98. The van der Waals surface area contributed by atoms with Gasteiger partial charge in [0, 0.05) is 31.4 Å². The zero-order valence-corrected chi connectivity index (χ0v) is 12.6. The Kier molecular flexibility index (Phi) is 4.26. The molecule has 2 aromatic rings. The predicted octanol–water partition coefficient (Wildman–Crippen LogP) is 3.87. The van der Waals surface area contributed by atoms with Crippen molar-refractivity contribution < 1.29 is 22.4 Å². The average molecular weight is 338 g/mol. The summed E-state index contributed by atoms with van der Waals surface area (Å²) in [6, 6.07) is 7.05. The third-order valence-corrected chi connectivity index (χ3v) is 4.17. The van der Waals surface area contributed by atoms with E-state index in [9.17, 15) is 22.4 Å². The second-order valence-electron chi connectivity index (χ2n) is 5.71. The molecule has 0 aliphatic carbocycles. The van der Waals surface area contributed by atoms with Gasteiger partial charge in [-0.1, -0.05) is 12.1 Å². The fraction of sp³-hybridized carbons (Fsp3) is 0.294. The monoisotopic (exact) mass is 338 g/mol. The highest BCUT2D eigenvalue weighted by atomic mass is 19.4. The summed E-state index contributed by atoms with van der Waals surface area (Å²) < 4.78 is 52.1. The van der Waals surface area contributed by atoms with E-state index < -0.39 is 23.2 Å². The number of benzene rings is 1. The molecule has 24 heavy (non-hydrogen) atoms. The minimum absolute atomic E-state index is 0.00859. The van der Waals surface area contributed by atoms with Gasteiger partial charge >= 0.3 is 6.18 Å². The highest BCUT2D eigenvalue weighted by Gasteiger charge is 2.37. The fourth-order valence-electron chi connectivity index (χ4n) is 2.93. The quantitative estimate of drug-likeness (QED) is 0.779. The van der Waals surface area contributed by atoms with E-state index in [0.29, 0.717) is 25.7 Å². The van der Waals surface area contributed by atoms with Crippen LogP contribution in [0.5, 0.6) is 0 Å². The number of carbonyl (C=O) groups excluding carboxylic acids is 1. The fourth-order valence-corrected chi connectivity index (χ4v) is 2.93. The van der Waals surface area contributed by atoms with Crippen LogP contribution >= 0.6 is 0 Å². The number of aromatic nitrogens is 1. The van der Waals surface area contributed by atoms with Crippen molar-refractivity contribution in [3.05, 3.63) is 65.2 Å². The molecule has 1 unspecified atom stereocenters. The van der Waals surface area contributed by atoms with Crippen molar-refractivity contribution in [2.24, 2.45) is 0 Å². The molecule has 0 radical (unpaired) electrons. The third kappa shape index (κ3) is 3.25. The molecule has 3 nitrogen and oxygen atoms in total. The lowest BCUT2D eigenvalue weighted by Crippen LogP contribution is -2.30. The Morgan fingerprint density at radius 1 is 1.17 bits per heavy atom. The highest BCUT2D eigenvalue weighted by Crippen LogP contribution is 2.33. The summed E-state index contributed by atoms with van der Waals surface area (Å²) >= 11 is 0. The van der Waals surface area contributed by atoms with E-state index in [1.54, 1.807) is 12.1 Å². The van der Waals surface area contributed by atoms with Crippen molar-refractivity contribution in [3.8, 4) is 0 Å². The Morgan fingerprint density at radius 3 is 2.54 bits per heavy atom. The Hall–Kier alpha value is -2.44. The minimum atomic E-state index is -4.63. The molecule has 2 heterocycles. The van der Waals surface area contributed by atoms with E-state index in [0.717, 1.165) is 11.6 Å². The Bertz CT molecular complexity index is 743. The first-order chi connectivity index (χ1) is 11.4. The summed E-state index contributed by atoms with van der Waals surface area (Å²) in [7, 11) is 0. The van der Waals surface area contributed by atoms with Crippen molar-refractivity contribution in [1.29, 1.82) is 0 Å². The summed E-state index contributed by atoms with van der Waals surface area (Å²) in [6.07, 6.45) is -2.16. The molecule has 1 aromatic heterocycles. The second-order valence-corrected chi connectivity index (χ2v) is 5.71. The number of halogens is 4.